The number of benzene rings is 1. The summed E-state index contributed by atoms with van der Waals surface area (Å²) >= 11 is 6.31. The molecule has 1 heterocycles. The summed E-state index contributed by atoms with van der Waals surface area (Å²) in [5.74, 6) is 0.466. The van der Waals surface area contributed by atoms with E-state index in [0.29, 0.717) is 5.92 Å². The maximum atomic E-state index is 6.31. The lowest BCUT2D eigenvalue weighted by atomic mass is 9.93. The molecule has 1 atom stereocenters. The standard InChI is InChI=1S/C15H19ClN2/c1-2-3-6-13(11-18-10-9-17-12-18)14-7-4-5-8-15(14)16/h4-5,7-10,12-13H,2-3,6,11H2,1H3. The first-order valence-electron chi connectivity index (χ1n) is 6.51. The van der Waals surface area contributed by atoms with Crippen molar-refractivity contribution < 1.29 is 0 Å². The molecule has 3 heteroatoms. The predicted octanol–water partition coefficient (Wildman–Crippen LogP) is 4.51. The molecule has 1 aromatic heterocycles. The Bertz CT molecular complexity index is 465. The second kappa shape index (κ2) is 6.60. The van der Waals surface area contributed by atoms with Crippen LogP contribution in [0.1, 0.15) is 37.7 Å². The molecule has 2 nitrogen and oxygen atoms in total. The van der Waals surface area contributed by atoms with Crippen molar-refractivity contribution >= 4 is 11.6 Å². The zero-order valence-electron chi connectivity index (χ0n) is 10.7. The number of hydrogen-bond donors (Lipinski definition) is 0. The van der Waals surface area contributed by atoms with E-state index in [4.69, 9.17) is 11.6 Å². The summed E-state index contributed by atoms with van der Waals surface area (Å²) in [5.41, 5.74) is 1.25. The van der Waals surface area contributed by atoms with Crippen LogP contribution in [0.15, 0.2) is 43.0 Å². The fourth-order valence-corrected chi connectivity index (χ4v) is 2.54. The van der Waals surface area contributed by atoms with E-state index < -0.39 is 0 Å². The monoisotopic (exact) mass is 262 g/mol. The van der Waals surface area contributed by atoms with Crippen LogP contribution in [0.2, 0.25) is 5.02 Å². The maximum Gasteiger partial charge on any atom is 0.0946 e. The van der Waals surface area contributed by atoms with Crippen LogP contribution in [0, 0.1) is 0 Å². The third kappa shape index (κ3) is 3.36. The van der Waals surface area contributed by atoms with Gasteiger partial charge in [-0.05, 0) is 18.1 Å². The zero-order valence-corrected chi connectivity index (χ0v) is 11.5. The number of hydrogen-bond acceptors (Lipinski definition) is 1. The van der Waals surface area contributed by atoms with E-state index >= 15 is 0 Å². The zero-order chi connectivity index (χ0) is 12.8. The van der Waals surface area contributed by atoms with Crippen LogP contribution in [0.3, 0.4) is 0 Å². The Balaban J connectivity index is 2.16. The Kier molecular flexibility index (Phi) is 4.82. The van der Waals surface area contributed by atoms with Gasteiger partial charge in [-0.15, -0.1) is 0 Å². The Morgan fingerprint density at radius 3 is 2.83 bits per heavy atom. The summed E-state index contributed by atoms with van der Waals surface area (Å²) in [5, 5.41) is 0.874. The van der Waals surface area contributed by atoms with E-state index in [9.17, 15) is 0 Å². The first kappa shape index (κ1) is 13.2. The smallest absolute Gasteiger partial charge is 0.0946 e. The summed E-state index contributed by atoms with van der Waals surface area (Å²) in [6, 6.07) is 8.16. The second-order valence-electron chi connectivity index (χ2n) is 4.62. The first-order valence-corrected chi connectivity index (χ1v) is 6.89. The van der Waals surface area contributed by atoms with Crippen LogP contribution in [0.25, 0.3) is 0 Å². The van der Waals surface area contributed by atoms with Gasteiger partial charge >= 0.3 is 0 Å². The van der Waals surface area contributed by atoms with Gasteiger partial charge in [-0.2, -0.15) is 0 Å². The van der Waals surface area contributed by atoms with E-state index in [1.54, 1.807) is 0 Å². The third-order valence-corrected chi connectivity index (χ3v) is 3.59. The first-order chi connectivity index (χ1) is 8.81. The van der Waals surface area contributed by atoms with Gasteiger partial charge in [0.2, 0.25) is 0 Å². The minimum Gasteiger partial charge on any atom is -0.337 e. The number of aromatic nitrogens is 2. The summed E-state index contributed by atoms with van der Waals surface area (Å²) in [6.07, 6.45) is 9.31. The van der Waals surface area contributed by atoms with Gasteiger partial charge < -0.3 is 4.57 Å². The molecule has 0 N–H and O–H groups in total. The molecule has 18 heavy (non-hydrogen) atoms. The van der Waals surface area contributed by atoms with Crippen LogP contribution >= 0.6 is 11.6 Å². The van der Waals surface area contributed by atoms with Crippen LogP contribution < -0.4 is 0 Å². The second-order valence-corrected chi connectivity index (χ2v) is 5.03. The lowest BCUT2D eigenvalue weighted by Gasteiger charge is -2.19. The van der Waals surface area contributed by atoms with Gasteiger partial charge in [-0.25, -0.2) is 4.98 Å². The van der Waals surface area contributed by atoms with Gasteiger partial charge in [0, 0.05) is 29.9 Å². The Labute approximate surface area is 114 Å². The SMILES string of the molecule is CCCCC(Cn1ccnc1)c1ccccc1Cl. The molecule has 0 aliphatic heterocycles. The van der Waals surface area contributed by atoms with Gasteiger partial charge in [-0.1, -0.05) is 49.6 Å². The van der Waals surface area contributed by atoms with Crippen molar-refractivity contribution in [1.82, 2.24) is 9.55 Å². The number of nitrogens with zero attached hydrogens (tertiary/aromatic N) is 2. The van der Waals surface area contributed by atoms with Crippen LogP contribution in [-0.4, -0.2) is 9.55 Å². The van der Waals surface area contributed by atoms with Crippen molar-refractivity contribution in [3.63, 3.8) is 0 Å². The minimum atomic E-state index is 0.466. The van der Waals surface area contributed by atoms with Gasteiger partial charge in [0.25, 0.3) is 0 Å². The van der Waals surface area contributed by atoms with Gasteiger partial charge in [0.1, 0.15) is 0 Å². The third-order valence-electron chi connectivity index (χ3n) is 3.24. The molecule has 0 aliphatic rings. The van der Waals surface area contributed by atoms with E-state index in [1.165, 1.54) is 24.8 Å². The number of unbranched alkanes of at least 4 members (excludes halogenated alkanes) is 1. The molecule has 0 amide bonds. The normalized spacial score (nSPS) is 12.6. The van der Waals surface area contributed by atoms with E-state index in [-0.39, 0.29) is 0 Å². The van der Waals surface area contributed by atoms with E-state index in [2.05, 4.69) is 28.6 Å². The molecule has 0 spiro atoms. The maximum absolute atomic E-state index is 6.31. The van der Waals surface area contributed by atoms with Gasteiger partial charge in [0.05, 0.1) is 6.33 Å². The van der Waals surface area contributed by atoms with Crippen molar-refractivity contribution in [3.8, 4) is 0 Å². The highest BCUT2D eigenvalue weighted by atomic mass is 35.5. The number of imidazole rings is 1. The molecule has 0 aliphatic carbocycles. The van der Waals surface area contributed by atoms with Crippen molar-refractivity contribution in [2.75, 3.05) is 0 Å². The molecular weight excluding hydrogens is 244 g/mol. The van der Waals surface area contributed by atoms with Gasteiger partial charge in [-0.3, -0.25) is 0 Å². The topological polar surface area (TPSA) is 17.8 Å². The summed E-state index contributed by atoms with van der Waals surface area (Å²) < 4.78 is 2.13. The minimum absolute atomic E-state index is 0.466. The van der Waals surface area contributed by atoms with E-state index in [0.717, 1.165) is 11.6 Å². The number of rotatable bonds is 6. The highest BCUT2D eigenvalue weighted by Gasteiger charge is 2.14. The molecule has 0 saturated carbocycles. The Morgan fingerprint density at radius 1 is 1.33 bits per heavy atom. The molecule has 0 bridgehead atoms. The number of halogens is 1. The largest absolute Gasteiger partial charge is 0.337 e. The summed E-state index contributed by atoms with van der Waals surface area (Å²) in [6.45, 7) is 3.17. The van der Waals surface area contributed by atoms with E-state index in [1.807, 2.05) is 30.9 Å². The molecule has 2 rings (SSSR count). The molecule has 1 aromatic carbocycles. The quantitative estimate of drug-likeness (QED) is 0.749. The van der Waals surface area contributed by atoms with Crippen molar-refractivity contribution in [2.45, 2.75) is 38.6 Å². The van der Waals surface area contributed by atoms with Crippen molar-refractivity contribution in [3.05, 3.63) is 53.6 Å². The molecule has 2 aromatic rings. The Morgan fingerprint density at radius 2 is 2.17 bits per heavy atom. The van der Waals surface area contributed by atoms with Crippen LogP contribution in [-0.2, 0) is 6.54 Å². The van der Waals surface area contributed by atoms with Crippen LogP contribution in [0.5, 0.6) is 0 Å². The lowest BCUT2D eigenvalue weighted by Crippen LogP contribution is -2.08. The average Bonchev–Trinajstić information content (AvgIpc) is 2.88. The highest BCUT2D eigenvalue weighted by Crippen LogP contribution is 2.29. The fraction of sp³-hybridized carbons (Fsp3) is 0.400. The molecule has 96 valence electrons. The fourth-order valence-electron chi connectivity index (χ4n) is 2.25. The average molecular weight is 263 g/mol. The Hall–Kier alpha value is -1.28. The lowest BCUT2D eigenvalue weighted by molar-refractivity contribution is 0.505. The highest BCUT2D eigenvalue weighted by molar-refractivity contribution is 6.31. The molecular formula is C15H19ClN2. The molecule has 0 saturated heterocycles. The molecule has 0 fully saturated rings. The van der Waals surface area contributed by atoms with Gasteiger partial charge in [0.15, 0.2) is 0 Å². The molecule has 1 unspecified atom stereocenters. The summed E-state index contributed by atoms with van der Waals surface area (Å²) in [7, 11) is 0. The van der Waals surface area contributed by atoms with Crippen LogP contribution in [0.4, 0.5) is 0 Å². The van der Waals surface area contributed by atoms with Crippen molar-refractivity contribution in [2.24, 2.45) is 0 Å². The summed E-state index contributed by atoms with van der Waals surface area (Å²) in [4.78, 5) is 4.10. The molecule has 0 radical (unpaired) electrons. The van der Waals surface area contributed by atoms with Crippen molar-refractivity contribution in [1.29, 1.82) is 0 Å². The predicted molar refractivity (Wildman–Crippen MR) is 75.9 cm³/mol.